The maximum Gasteiger partial charge on any atom is 0.363 e. The minimum atomic E-state index is -3.62. The van der Waals surface area contributed by atoms with Gasteiger partial charge in [0.15, 0.2) is 5.85 Å². The summed E-state index contributed by atoms with van der Waals surface area (Å²) in [4.78, 5) is 0. The molecular weight excluding hydrogens is 263 g/mol. The topological polar surface area (TPSA) is 55.8 Å². The fourth-order valence-electron chi connectivity index (χ4n) is 1.77. The van der Waals surface area contributed by atoms with Crippen LogP contribution in [-0.2, 0) is 13.6 Å². The molecule has 0 saturated carbocycles. The second-order valence-corrected chi connectivity index (χ2v) is 7.07. The molecule has 0 amide bonds. The van der Waals surface area contributed by atoms with Crippen molar-refractivity contribution in [1.82, 2.24) is 0 Å². The lowest BCUT2D eigenvalue weighted by Gasteiger charge is -2.27. The summed E-state index contributed by atoms with van der Waals surface area (Å²) < 4.78 is 23.6. The van der Waals surface area contributed by atoms with Crippen LogP contribution in [0, 0.1) is 6.92 Å². The number of rotatable bonds is 6. The molecule has 108 valence electrons. The average molecular weight is 286 g/mol. The van der Waals surface area contributed by atoms with Crippen LogP contribution in [0.4, 0.5) is 0 Å². The Bertz CT molecular complexity index is 443. The lowest BCUT2D eigenvalue weighted by molar-refractivity contribution is 0.101. The largest absolute Gasteiger partial charge is 0.376 e. The van der Waals surface area contributed by atoms with Crippen LogP contribution < -0.4 is 0 Å². The molecule has 0 aliphatic rings. The maximum absolute atomic E-state index is 12.8. The van der Waals surface area contributed by atoms with Gasteiger partial charge in [-0.15, -0.1) is 0 Å². The van der Waals surface area contributed by atoms with Gasteiger partial charge in [0.2, 0.25) is 0 Å². The van der Waals surface area contributed by atoms with Gasteiger partial charge in [-0.05, 0) is 45.7 Å². The Kier molecular flexibility index (Phi) is 5.75. The van der Waals surface area contributed by atoms with Crippen molar-refractivity contribution in [1.29, 1.82) is 0 Å². The maximum atomic E-state index is 12.8. The van der Waals surface area contributed by atoms with E-state index < -0.39 is 13.4 Å². The highest BCUT2D eigenvalue weighted by Gasteiger charge is 2.38. The third-order valence-electron chi connectivity index (χ3n) is 2.48. The first-order valence-corrected chi connectivity index (χ1v) is 8.07. The Morgan fingerprint density at radius 2 is 1.53 bits per heavy atom. The van der Waals surface area contributed by atoms with Crippen molar-refractivity contribution in [3.05, 3.63) is 35.4 Å². The lowest BCUT2D eigenvalue weighted by atomic mass is 10.1. The van der Waals surface area contributed by atoms with Crippen LogP contribution in [0.5, 0.6) is 0 Å². The van der Waals surface area contributed by atoms with Crippen molar-refractivity contribution < 1.29 is 18.7 Å². The van der Waals surface area contributed by atoms with Gasteiger partial charge in [-0.25, -0.2) is 0 Å². The van der Waals surface area contributed by atoms with Crippen LogP contribution in [0.1, 0.15) is 44.7 Å². The Hall–Kier alpha value is -0.670. The van der Waals surface area contributed by atoms with Gasteiger partial charge in [0.1, 0.15) is 0 Å². The summed E-state index contributed by atoms with van der Waals surface area (Å²) in [6.07, 6.45) is -0.577. The zero-order valence-corrected chi connectivity index (χ0v) is 13.1. The second-order valence-electron chi connectivity index (χ2n) is 5.08. The highest BCUT2D eigenvalue weighted by molar-refractivity contribution is 7.54. The van der Waals surface area contributed by atoms with Crippen molar-refractivity contribution in [2.24, 2.45) is 0 Å². The summed E-state index contributed by atoms with van der Waals surface area (Å²) in [6, 6.07) is 7.25. The van der Waals surface area contributed by atoms with Gasteiger partial charge in [0.25, 0.3) is 0 Å². The first-order chi connectivity index (χ1) is 8.76. The quantitative estimate of drug-likeness (QED) is 0.802. The highest BCUT2D eigenvalue weighted by Crippen LogP contribution is 2.61. The Balaban J connectivity index is 3.11. The third-order valence-corrected chi connectivity index (χ3v) is 4.79. The van der Waals surface area contributed by atoms with Crippen molar-refractivity contribution in [2.45, 2.75) is 52.7 Å². The molecule has 0 heterocycles. The molecule has 1 atom stereocenters. The van der Waals surface area contributed by atoms with Gasteiger partial charge < -0.3 is 14.2 Å². The molecule has 0 radical (unpaired) electrons. The molecule has 19 heavy (non-hydrogen) atoms. The smallest absolute Gasteiger partial charge is 0.363 e. The van der Waals surface area contributed by atoms with Crippen molar-refractivity contribution in [2.75, 3.05) is 0 Å². The van der Waals surface area contributed by atoms with E-state index in [4.69, 9.17) is 9.05 Å². The van der Waals surface area contributed by atoms with Crippen LogP contribution in [0.15, 0.2) is 24.3 Å². The first kappa shape index (κ1) is 16.4. The van der Waals surface area contributed by atoms with Crippen LogP contribution in [0.3, 0.4) is 0 Å². The Labute approximate surface area is 115 Å². The molecule has 0 fully saturated rings. The summed E-state index contributed by atoms with van der Waals surface area (Å²) in [5.41, 5.74) is 1.43. The SMILES string of the molecule is Cc1ccccc1C(O)P(=O)(OC(C)C)OC(C)C. The average Bonchev–Trinajstić information content (AvgIpc) is 2.26. The molecule has 1 N–H and O–H groups in total. The van der Waals surface area contributed by atoms with Gasteiger partial charge in [0.05, 0.1) is 12.2 Å². The van der Waals surface area contributed by atoms with Crippen LogP contribution in [0.25, 0.3) is 0 Å². The Morgan fingerprint density at radius 1 is 1.05 bits per heavy atom. The van der Waals surface area contributed by atoms with E-state index in [0.717, 1.165) is 5.56 Å². The number of hydrogen-bond acceptors (Lipinski definition) is 4. The van der Waals surface area contributed by atoms with Crippen LogP contribution in [0.2, 0.25) is 0 Å². The van der Waals surface area contributed by atoms with E-state index >= 15 is 0 Å². The van der Waals surface area contributed by atoms with E-state index in [1.165, 1.54) is 0 Å². The second kappa shape index (κ2) is 6.67. The number of aliphatic hydroxyl groups excluding tert-OH is 1. The highest BCUT2D eigenvalue weighted by atomic mass is 31.2. The van der Waals surface area contributed by atoms with Crippen molar-refractivity contribution >= 4 is 7.60 Å². The number of benzene rings is 1. The van der Waals surface area contributed by atoms with Gasteiger partial charge in [-0.3, -0.25) is 4.57 Å². The van der Waals surface area contributed by atoms with Crippen LogP contribution in [-0.4, -0.2) is 17.3 Å². The Morgan fingerprint density at radius 3 is 1.95 bits per heavy atom. The summed E-state index contributed by atoms with van der Waals surface area (Å²) >= 11 is 0. The number of aryl methyl sites for hydroxylation is 1. The monoisotopic (exact) mass is 286 g/mol. The molecule has 0 aromatic heterocycles. The molecule has 4 nitrogen and oxygen atoms in total. The fraction of sp³-hybridized carbons (Fsp3) is 0.571. The molecule has 0 aliphatic heterocycles. The van der Waals surface area contributed by atoms with E-state index in [1.54, 1.807) is 39.8 Å². The summed E-state index contributed by atoms with van der Waals surface area (Å²) in [6.45, 7) is 8.91. The van der Waals surface area contributed by atoms with Gasteiger partial charge >= 0.3 is 7.60 Å². The standard InChI is InChI=1S/C14H23O4P/c1-10(2)17-19(16,18-11(3)4)14(15)13-9-7-6-8-12(13)5/h6-11,14-15H,1-5H3. The molecule has 0 bridgehead atoms. The summed E-state index contributed by atoms with van der Waals surface area (Å²) in [5, 5.41) is 10.4. The van der Waals surface area contributed by atoms with Crippen molar-refractivity contribution in [3.63, 3.8) is 0 Å². The molecule has 1 rings (SSSR count). The minimum absolute atomic E-state index is 0.289. The van der Waals surface area contributed by atoms with Gasteiger partial charge in [-0.2, -0.15) is 0 Å². The van der Waals surface area contributed by atoms with Crippen molar-refractivity contribution in [3.8, 4) is 0 Å². The molecular formula is C14H23O4P. The zero-order chi connectivity index (χ0) is 14.6. The summed E-state index contributed by atoms with van der Waals surface area (Å²) in [7, 11) is -3.62. The minimum Gasteiger partial charge on any atom is -0.376 e. The van der Waals surface area contributed by atoms with E-state index in [9.17, 15) is 9.67 Å². The number of hydrogen-bond donors (Lipinski definition) is 1. The molecule has 0 aliphatic carbocycles. The van der Waals surface area contributed by atoms with Crippen LogP contribution >= 0.6 is 7.60 Å². The predicted molar refractivity (Wildman–Crippen MR) is 76.2 cm³/mol. The zero-order valence-electron chi connectivity index (χ0n) is 12.2. The lowest BCUT2D eigenvalue weighted by Crippen LogP contribution is -2.14. The van der Waals surface area contributed by atoms with Gasteiger partial charge in [-0.1, -0.05) is 24.3 Å². The molecule has 1 aromatic carbocycles. The molecule has 1 aromatic rings. The third kappa shape index (κ3) is 4.43. The van der Waals surface area contributed by atoms with E-state index in [-0.39, 0.29) is 12.2 Å². The molecule has 1 unspecified atom stereocenters. The van der Waals surface area contributed by atoms with E-state index in [0.29, 0.717) is 5.56 Å². The van der Waals surface area contributed by atoms with E-state index in [2.05, 4.69) is 0 Å². The molecule has 5 heteroatoms. The summed E-state index contributed by atoms with van der Waals surface area (Å²) in [5.74, 6) is -1.27. The molecule has 0 spiro atoms. The fourth-order valence-corrected chi connectivity index (χ4v) is 3.86. The van der Waals surface area contributed by atoms with E-state index in [1.807, 2.05) is 19.1 Å². The normalized spacial score (nSPS) is 14.1. The molecule has 0 saturated heterocycles. The van der Waals surface area contributed by atoms with Gasteiger partial charge in [0, 0.05) is 0 Å². The number of aliphatic hydroxyl groups is 1. The predicted octanol–water partition coefficient (Wildman–Crippen LogP) is 4.03. The first-order valence-electron chi connectivity index (χ1n) is 6.46.